The van der Waals surface area contributed by atoms with Gasteiger partial charge in [-0.3, -0.25) is 0 Å². The zero-order valence-electron chi connectivity index (χ0n) is 12.7. The number of hydrogen-bond acceptors (Lipinski definition) is 1. The van der Waals surface area contributed by atoms with Crippen LogP contribution in [0.3, 0.4) is 0 Å². The molecule has 0 fully saturated rings. The van der Waals surface area contributed by atoms with Crippen LogP contribution in [0.4, 0.5) is 0 Å². The van der Waals surface area contributed by atoms with Crippen molar-refractivity contribution in [3.8, 4) is 0 Å². The zero-order chi connectivity index (χ0) is 16.5. The van der Waals surface area contributed by atoms with E-state index in [4.69, 9.17) is 28.2 Å². The van der Waals surface area contributed by atoms with Gasteiger partial charge in [0.15, 0.2) is 0 Å². The monoisotopic (exact) mass is 352 g/mol. The van der Waals surface area contributed by atoms with Crippen LogP contribution in [0, 0.1) is 0 Å². The molecule has 0 aliphatic rings. The van der Waals surface area contributed by atoms with E-state index in [1.807, 2.05) is 42.5 Å². The van der Waals surface area contributed by atoms with Crippen molar-refractivity contribution in [1.29, 1.82) is 0 Å². The normalized spacial score (nSPS) is 11.3. The predicted molar refractivity (Wildman–Crippen MR) is 99.9 cm³/mol. The van der Waals surface area contributed by atoms with Crippen molar-refractivity contribution >= 4 is 34.2 Å². The van der Waals surface area contributed by atoms with E-state index >= 15 is 0 Å². The lowest BCUT2D eigenvalue weighted by Gasteiger charge is -2.15. The molecule has 118 valence electrons. The van der Waals surface area contributed by atoms with E-state index in [-0.39, 0.29) is 5.92 Å². The van der Waals surface area contributed by atoms with Crippen LogP contribution in [0.25, 0.3) is 11.0 Å². The summed E-state index contributed by atoms with van der Waals surface area (Å²) in [6, 6.07) is 24.2. The molecule has 3 aromatic carbocycles. The van der Waals surface area contributed by atoms with Gasteiger partial charge in [-0.05, 0) is 23.3 Å². The van der Waals surface area contributed by atoms with Crippen LogP contribution in [0.2, 0.25) is 10.0 Å². The topological polar surface area (TPSA) is 28.7 Å². The Balaban J connectivity index is 1.93. The van der Waals surface area contributed by atoms with Gasteiger partial charge in [0.05, 0.1) is 16.5 Å². The molecule has 0 unspecified atom stereocenters. The van der Waals surface area contributed by atoms with Gasteiger partial charge in [-0.2, -0.15) is 0 Å². The van der Waals surface area contributed by atoms with Gasteiger partial charge >= 0.3 is 0 Å². The third-order valence-corrected chi connectivity index (χ3v) is 4.57. The number of hydrogen-bond donors (Lipinski definition) is 1. The van der Waals surface area contributed by atoms with Gasteiger partial charge in [-0.1, -0.05) is 83.9 Å². The number of aromatic nitrogens is 2. The lowest BCUT2D eigenvalue weighted by atomic mass is 9.91. The molecule has 0 atom stereocenters. The minimum absolute atomic E-state index is 0.00893. The van der Waals surface area contributed by atoms with Crippen LogP contribution in [0.15, 0.2) is 72.8 Å². The summed E-state index contributed by atoms with van der Waals surface area (Å²) in [5.41, 5.74) is 3.93. The van der Waals surface area contributed by atoms with E-state index in [9.17, 15) is 0 Å². The van der Waals surface area contributed by atoms with Gasteiger partial charge in [0.2, 0.25) is 0 Å². The number of halogens is 2. The molecule has 0 aliphatic carbocycles. The van der Waals surface area contributed by atoms with Crippen molar-refractivity contribution in [2.75, 3.05) is 0 Å². The highest BCUT2D eigenvalue weighted by Crippen LogP contribution is 2.33. The molecule has 1 aromatic heterocycles. The molecule has 0 amide bonds. The number of nitrogens with zero attached hydrogens (tertiary/aromatic N) is 1. The Morgan fingerprint density at radius 2 is 1.38 bits per heavy atom. The Bertz CT molecular complexity index is 939. The molecule has 0 saturated heterocycles. The number of rotatable bonds is 3. The molecule has 0 saturated carbocycles. The molecule has 2 nitrogen and oxygen atoms in total. The summed E-state index contributed by atoms with van der Waals surface area (Å²) in [4.78, 5) is 8.15. The summed E-state index contributed by atoms with van der Waals surface area (Å²) < 4.78 is 0. The SMILES string of the molecule is Clc1cc(Cl)c2nc(C(c3ccccc3)c3ccccc3)[nH]c2c1. The first-order chi connectivity index (χ1) is 11.7. The van der Waals surface area contributed by atoms with Gasteiger partial charge in [-0.15, -0.1) is 0 Å². The predicted octanol–water partition coefficient (Wildman–Crippen LogP) is 6.05. The summed E-state index contributed by atoms with van der Waals surface area (Å²) in [5, 5.41) is 1.15. The third-order valence-electron chi connectivity index (χ3n) is 4.06. The first kappa shape index (κ1) is 15.3. The molecule has 24 heavy (non-hydrogen) atoms. The molecule has 0 bridgehead atoms. The van der Waals surface area contributed by atoms with E-state index < -0.39 is 0 Å². The van der Waals surface area contributed by atoms with E-state index in [2.05, 4.69) is 29.2 Å². The van der Waals surface area contributed by atoms with Gasteiger partial charge in [-0.25, -0.2) is 4.98 Å². The van der Waals surface area contributed by atoms with Crippen LogP contribution >= 0.6 is 23.2 Å². The molecule has 4 aromatic rings. The minimum Gasteiger partial charge on any atom is -0.341 e. The van der Waals surface area contributed by atoms with Gasteiger partial charge in [0, 0.05) is 5.02 Å². The largest absolute Gasteiger partial charge is 0.341 e. The zero-order valence-corrected chi connectivity index (χ0v) is 14.2. The standard InChI is InChI=1S/C20H14Cl2N2/c21-15-11-16(22)19-17(12-15)23-20(24-19)18(13-7-3-1-4-8-13)14-9-5-2-6-10-14/h1-12,18H,(H,23,24). The molecule has 0 aliphatic heterocycles. The highest BCUT2D eigenvalue weighted by Gasteiger charge is 2.21. The van der Waals surface area contributed by atoms with E-state index in [1.165, 1.54) is 11.1 Å². The Labute approximate surface area is 150 Å². The van der Waals surface area contributed by atoms with Crippen LogP contribution < -0.4 is 0 Å². The van der Waals surface area contributed by atoms with Gasteiger partial charge in [0.1, 0.15) is 11.3 Å². The first-order valence-corrected chi connectivity index (χ1v) is 8.42. The maximum absolute atomic E-state index is 6.31. The second kappa shape index (κ2) is 6.31. The van der Waals surface area contributed by atoms with Gasteiger partial charge < -0.3 is 4.98 Å². The van der Waals surface area contributed by atoms with Crippen molar-refractivity contribution in [3.05, 3.63) is 99.8 Å². The van der Waals surface area contributed by atoms with Crippen molar-refractivity contribution in [2.24, 2.45) is 0 Å². The van der Waals surface area contributed by atoms with E-state index in [1.54, 1.807) is 6.07 Å². The quantitative estimate of drug-likeness (QED) is 0.477. The molecule has 4 rings (SSSR count). The molecule has 1 heterocycles. The average molecular weight is 353 g/mol. The fourth-order valence-corrected chi connectivity index (χ4v) is 3.53. The lowest BCUT2D eigenvalue weighted by molar-refractivity contribution is 0.891. The van der Waals surface area contributed by atoms with Crippen LogP contribution in [-0.4, -0.2) is 9.97 Å². The summed E-state index contributed by atoms with van der Waals surface area (Å²) in [6.07, 6.45) is 0. The van der Waals surface area contributed by atoms with Crippen LogP contribution in [-0.2, 0) is 0 Å². The maximum atomic E-state index is 6.31. The van der Waals surface area contributed by atoms with Crippen LogP contribution in [0.5, 0.6) is 0 Å². The van der Waals surface area contributed by atoms with Crippen molar-refractivity contribution < 1.29 is 0 Å². The Hall–Kier alpha value is -2.29. The molecular formula is C20H14Cl2N2. The number of imidazole rings is 1. The van der Waals surface area contributed by atoms with E-state index in [0.717, 1.165) is 16.9 Å². The van der Waals surface area contributed by atoms with Crippen molar-refractivity contribution in [1.82, 2.24) is 9.97 Å². The number of fused-ring (bicyclic) bond motifs is 1. The summed E-state index contributed by atoms with van der Waals surface area (Å²) >= 11 is 12.4. The molecule has 1 N–H and O–H groups in total. The number of nitrogens with one attached hydrogen (secondary N) is 1. The second-order valence-corrected chi connectivity index (χ2v) is 6.50. The Kier molecular flexibility index (Phi) is 4.01. The third kappa shape index (κ3) is 2.79. The number of aromatic amines is 1. The fraction of sp³-hybridized carbons (Fsp3) is 0.0500. The number of H-pyrrole nitrogens is 1. The highest BCUT2D eigenvalue weighted by molar-refractivity contribution is 6.38. The average Bonchev–Trinajstić information content (AvgIpc) is 3.01. The molecule has 0 spiro atoms. The lowest BCUT2D eigenvalue weighted by Crippen LogP contribution is -2.05. The molecule has 0 radical (unpaired) electrons. The molecule has 4 heteroatoms. The van der Waals surface area contributed by atoms with Gasteiger partial charge in [0.25, 0.3) is 0 Å². The molecular weight excluding hydrogens is 339 g/mol. The van der Waals surface area contributed by atoms with Crippen molar-refractivity contribution in [3.63, 3.8) is 0 Å². The minimum atomic E-state index is 0.00893. The van der Waals surface area contributed by atoms with Crippen LogP contribution in [0.1, 0.15) is 22.9 Å². The summed E-state index contributed by atoms with van der Waals surface area (Å²) in [7, 11) is 0. The fourth-order valence-electron chi connectivity index (χ4n) is 3.00. The Morgan fingerprint density at radius 1 is 0.792 bits per heavy atom. The summed E-state index contributed by atoms with van der Waals surface area (Å²) in [6.45, 7) is 0. The summed E-state index contributed by atoms with van der Waals surface area (Å²) in [5.74, 6) is 0.862. The highest BCUT2D eigenvalue weighted by atomic mass is 35.5. The maximum Gasteiger partial charge on any atom is 0.119 e. The smallest absolute Gasteiger partial charge is 0.119 e. The van der Waals surface area contributed by atoms with E-state index in [0.29, 0.717) is 10.0 Å². The Morgan fingerprint density at radius 3 is 1.96 bits per heavy atom. The second-order valence-electron chi connectivity index (χ2n) is 5.66. The van der Waals surface area contributed by atoms with Crippen molar-refractivity contribution in [2.45, 2.75) is 5.92 Å². The first-order valence-electron chi connectivity index (χ1n) is 7.67. The number of benzene rings is 3.